The second kappa shape index (κ2) is 9.85. The Morgan fingerprint density at radius 3 is 2.84 bits per heavy atom. The van der Waals surface area contributed by atoms with Crippen LogP contribution in [0.25, 0.3) is 11.0 Å². The second-order valence-electron chi connectivity index (χ2n) is 7.81. The third-order valence-corrected chi connectivity index (χ3v) is 6.07. The SMILES string of the molecule is CCc1cccc(CC(=O)[O-])c1OCc1coc2c(CC3C[NH2+]CCO3)cc(Br)cc12. The number of carbonyl (C=O) groups excluding carboxylic acids is 1. The second-order valence-corrected chi connectivity index (χ2v) is 8.72. The van der Waals surface area contributed by atoms with Gasteiger partial charge in [0, 0.05) is 39.8 Å². The van der Waals surface area contributed by atoms with Gasteiger partial charge in [-0.2, -0.15) is 0 Å². The lowest BCUT2D eigenvalue weighted by atomic mass is 10.0. The minimum Gasteiger partial charge on any atom is -0.550 e. The van der Waals surface area contributed by atoms with Crippen molar-refractivity contribution in [2.24, 2.45) is 0 Å². The molecule has 164 valence electrons. The van der Waals surface area contributed by atoms with Gasteiger partial charge in [-0.3, -0.25) is 0 Å². The van der Waals surface area contributed by atoms with Gasteiger partial charge in [-0.1, -0.05) is 41.1 Å². The van der Waals surface area contributed by atoms with Crippen molar-refractivity contribution in [1.29, 1.82) is 0 Å². The average Bonchev–Trinajstić information content (AvgIpc) is 3.16. The lowest BCUT2D eigenvalue weighted by Crippen LogP contribution is -2.89. The Balaban J connectivity index is 1.59. The Morgan fingerprint density at radius 1 is 1.26 bits per heavy atom. The van der Waals surface area contributed by atoms with Crippen molar-refractivity contribution < 1.29 is 29.1 Å². The van der Waals surface area contributed by atoms with Gasteiger partial charge in [-0.05, 0) is 29.7 Å². The molecule has 1 atom stereocenters. The molecule has 0 bridgehead atoms. The quantitative estimate of drug-likeness (QED) is 0.525. The molecule has 1 aliphatic rings. The van der Waals surface area contributed by atoms with Gasteiger partial charge in [-0.25, -0.2) is 0 Å². The monoisotopic (exact) mass is 487 g/mol. The number of benzene rings is 2. The van der Waals surface area contributed by atoms with Crippen LogP contribution in [0.15, 0.2) is 45.5 Å². The number of rotatable bonds is 8. The van der Waals surface area contributed by atoms with E-state index in [1.165, 1.54) is 0 Å². The highest BCUT2D eigenvalue weighted by atomic mass is 79.9. The molecule has 0 radical (unpaired) electrons. The summed E-state index contributed by atoms with van der Waals surface area (Å²) in [4.78, 5) is 11.2. The number of hydrogen-bond donors (Lipinski definition) is 1. The number of ether oxygens (including phenoxy) is 2. The van der Waals surface area contributed by atoms with Gasteiger partial charge in [-0.15, -0.1) is 0 Å². The maximum Gasteiger partial charge on any atom is 0.137 e. The summed E-state index contributed by atoms with van der Waals surface area (Å²) in [7, 11) is 0. The molecule has 3 aromatic rings. The van der Waals surface area contributed by atoms with E-state index in [1.54, 1.807) is 12.3 Å². The zero-order valence-electron chi connectivity index (χ0n) is 17.5. The van der Waals surface area contributed by atoms with Gasteiger partial charge in [0.15, 0.2) is 0 Å². The van der Waals surface area contributed by atoms with Crippen LogP contribution < -0.4 is 15.2 Å². The molecule has 1 aliphatic heterocycles. The number of quaternary nitrogens is 1. The van der Waals surface area contributed by atoms with E-state index in [0.717, 1.165) is 64.7 Å². The molecule has 2 aromatic carbocycles. The lowest BCUT2D eigenvalue weighted by molar-refractivity contribution is -0.677. The number of carboxylic acids is 1. The summed E-state index contributed by atoms with van der Waals surface area (Å²) >= 11 is 3.62. The van der Waals surface area contributed by atoms with Gasteiger partial charge in [0.2, 0.25) is 0 Å². The van der Waals surface area contributed by atoms with E-state index < -0.39 is 5.97 Å². The van der Waals surface area contributed by atoms with Gasteiger partial charge < -0.3 is 29.1 Å². The smallest absolute Gasteiger partial charge is 0.137 e. The number of halogens is 1. The molecule has 4 rings (SSSR count). The molecule has 1 unspecified atom stereocenters. The first-order valence-electron chi connectivity index (χ1n) is 10.6. The topological polar surface area (TPSA) is 88.3 Å². The number of fused-ring (bicyclic) bond motifs is 1. The van der Waals surface area contributed by atoms with Gasteiger partial charge in [0.05, 0.1) is 19.4 Å². The van der Waals surface area contributed by atoms with Crippen molar-refractivity contribution in [3.63, 3.8) is 0 Å². The third-order valence-electron chi connectivity index (χ3n) is 5.61. The number of nitrogens with two attached hydrogens (primary N) is 1. The first-order valence-corrected chi connectivity index (χ1v) is 11.4. The number of furan rings is 1. The van der Waals surface area contributed by atoms with Crippen LogP contribution in [0.4, 0.5) is 0 Å². The number of aliphatic carboxylic acids is 1. The minimum atomic E-state index is -1.12. The Bertz CT molecular complexity index is 1070. The Kier molecular flexibility index (Phi) is 6.95. The summed E-state index contributed by atoms with van der Waals surface area (Å²) < 4.78 is 19.0. The maximum atomic E-state index is 11.2. The summed E-state index contributed by atoms with van der Waals surface area (Å²) in [5, 5.41) is 14.4. The number of carbonyl (C=O) groups is 1. The molecule has 1 saturated heterocycles. The van der Waals surface area contributed by atoms with Crippen molar-refractivity contribution in [1.82, 2.24) is 0 Å². The van der Waals surface area contributed by atoms with Crippen molar-refractivity contribution in [2.75, 3.05) is 19.7 Å². The van der Waals surface area contributed by atoms with E-state index in [2.05, 4.69) is 27.3 Å². The van der Waals surface area contributed by atoms with Crippen molar-refractivity contribution in [3.05, 3.63) is 63.3 Å². The summed E-state index contributed by atoms with van der Waals surface area (Å²) in [5.41, 5.74) is 4.45. The van der Waals surface area contributed by atoms with E-state index in [0.29, 0.717) is 11.3 Å². The third kappa shape index (κ3) is 5.11. The molecule has 1 aromatic heterocycles. The number of aryl methyl sites for hydroxylation is 1. The molecule has 0 saturated carbocycles. The standard InChI is InChI=1S/C24H26BrNO5/c1-2-15-4-3-5-16(10-22(27)28)23(15)30-13-18-14-31-24-17(8-19(25)11-21(18)24)9-20-12-26-6-7-29-20/h3-5,8,11,14,20,26H,2,6-7,9-10,12-13H2,1H3,(H,27,28). The van der Waals surface area contributed by atoms with Crippen LogP contribution in [0.1, 0.15) is 29.2 Å². The van der Waals surface area contributed by atoms with Gasteiger partial charge in [0.25, 0.3) is 0 Å². The molecule has 0 amide bonds. The van der Waals surface area contributed by atoms with Gasteiger partial charge >= 0.3 is 0 Å². The Hall–Kier alpha value is -2.35. The van der Waals surface area contributed by atoms with E-state index in [1.807, 2.05) is 25.1 Å². The predicted molar refractivity (Wildman–Crippen MR) is 118 cm³/mol. The fraction of sp³-hybridized carbons (Fsp3) is 0.375. The van der Waals surface area contributed by atoms with E-state index in [4.69, 9.17) is 13.9 Å². The normalized spacial score (nSPS) is 16.5. The van der Waals surface area contributed by atoms with Crippen molar-refractivity contribution >= 4 is 32.9 Å². The van der Waals surface area contributed by atoms with Crippen molar-refractivity contribution in [2.45, 2.75) is 38.9 Å². The highest BCUT2D eigenvalue weighted by Crippen LogP contribution is 2.32. The molecule has 0 aliphatic carbocycles. The first-order chi connectivity index (χ1) is 15.0. The molecule has 2 N–H and O–H groups in total. The van der Waals surface area contributed by atoms with Crippen LogP contribution in [0, 0.1) is 0 Å². The van der Waals surface area contributed by atoms with Crippen LogP contribution in [0.3, 0.4) is 0 Å². The minimum absolute atomic E-state index is 0.166. The fourth-order valence-corrected chi connectivity index (χ4v) is 4.61. The van der Waals surface area contributed by atoms with Crippen LogP contribution in [-0.4, -0.2) is 31.8 Å². The highest BCUT2D eigenvalue weighted by molar-refractivity contribution is 9.10. The average molecular weight is 488 g/mol. The molecular formula is C24H26BrNO5. The Labute approximate surface area is 189 Å². The zero-order valence-corrected chi connectivity index (χ0v) is 19.1. The summed E-state index contributed by atoms with van der Waals surface area (Å²) in [6, 6.07) is 9.69. The van der Waals surface area contributed by atoms with Crippen LogP contribution in [-0.2, 0) is 35.4 Å². The lowest BCUT2D eigenvalue weighted by Gasteiger charge is -2.21. The summed E-state index contributed by atoms with van der Waals surface area (Å²) in [6.45, 7) is 5.02. The van der Waals surface area contributed by atoms with E-state index in [-0.39, 0.29) is 19.1 Å². The fourth-order valence-electron chi connectivity index (χ4n) is 4.11. The first kappa shape index (κ1) is 21.9. The largest absolute Gasteiger partial charge is 0.550 e. The van der Waals surface area contributed by atoms with E-state index >= 15 is 0 Å². The molecule has 6 nitrogen and oxygen atoms in total. The summed E-state index contributed by atoms with van der Waals surface area (Å²) in [5.74, 6) is -0.507. The molecule has 1 fully saturated rings. The van der Waals surface area contributed by atoms with Crippen LogP contribution in [0.5, 0.6) is 5.75 Å². The molecule has 2 heterocycles. The zero-order chi connectivity index (χ0) is 21.8. The van der Waals surface area contributed by atoms with E-state index in [9.17, 15) is 9.90 Å². The maximum absolute atomic E-state index is 11.2. The van der Waals surface area contributed by atoms with Crippen LogP contribution >= 0.6 is 15.9 Å². The molecule has 31 heavy (non-hydrogen) atoms. The predicted octanol–water partition coefficient (Wildman–Crippen LogP) is 2.13. The number of carboxylic acid groups (broad SMARTS) is 1. The summed E-state index contributed by atoms with van der Waals surface area (Å²) in [6.07, 6.45) is 3.25. The van der Waals surface area contributed by atoms with Crippen LogP contribution in [0.2, 0.25) is 0 Å². The number of morpholine rings is 1. The molecule has 7 heteroatoms. The molecular weight excluding hydrogens is 462 g/mol. The highest BCUT2D eigenvalue weighted by Gasteiger charge is 2.21. The number of para-hydroxylation sites is 1. The van der Waals surface area contributed by atoms with Crippen molar-refractivity contribution in [3.8, 4) is 5.75 Å². The van der Waals surface area contributed by atoms with Gasteiger partial charge in [0.1, 0.15) is 30.6 Å². The molecule has 0 spiro atoms. The Morgan fingerprint density at radius 2 is 2.10 bits per heavy atom. The number of hydrogen-bond acceptors (Lipinski definition) is 5.